The number of carbonyl (C=O) groups is 3. The van der Waals surface area contributed by atoms with Gasteiger partial charge >= 0.3 is 0 Å². The number of amides is 3. The molecule has 8 nitrogen and oxygen atoms in total. The summed E-state index contributed by atoms with van der Waals surface area (Å²) in [6.45, 7) is 1.39. The molecule has 0 aliphatic rings. The highest BCUT2D eigenvalue weighted by atomic mass is 16.5. The predicted molar refractivity (Wildman–Crippen MR) is 105 cm³/mol. The third-order valence-electron chi connectivity index (χ3n) is 3.60. The Bertz CT molecular complexity index is 891. The van der Waals surface area contributed by atoms with Crippen LogP contribution in [0.15, 0.2) is 48.5 Å². The Balaban J connectivity index is 1.90. The summed E-state index contributed by atoms with van der Waals surface area (Å²) in [6.07, 6.45) is 2.85. The van der Waals surface area contributed by atoms with Gasteiger partial charge in [-0.1, -0.05) is 6.07 Å². The molecule has 8 heteroatoms. The lowest BCUT2D eigenvalue weighted by Crippen LogP contribution is -2.40. The lowest BCUT2D eigenvalue weighted by atomic mass is 10.2. The Morgan fingerprint density at radius 1 is 0.893 bits per heavy atom. The molecule has 0 aliphatic carbocycles. The first-order chi connectivity index (χ1) is 13.4. The first-order valence-corrected chi connectivity index (χ1v) is 8.31. The number of methoxy groups -OCH3 is 2. The molecule has 28 heavy (non-hydrogen) atoms. The van der Waals surface area contributed by atoms with Crippen molar-refractivity contribution in [1.29, 1.82) is 0 Å². The summed E-state index contributed by atoms with van der Waals surface area (Å²) >= 11 is 0. The van der Waals surface area contributed by atoms with Crippen molar-refractivity contribution in [3.8, 4) is 11.5 Å². The molecule has 2 rings (SSSR count). The number of hydrazine groups is 1. The molecule has 0 saturated carbocycles. The van der Waals surface area contributed by atoms with Crippen LogP contribution in [0.4, 0.5) is 5.69 Å². The molecule has 0 aliphatic heterocycles. The summed E-state index contributed by atoms with van der Waals surface area (Å²) in [5.41, 5.74) is 6.25. The molecule has 0 unspecified atom stereocenters. The van der Waals surface area contributed by atoms with Gasteiger partial charge in [-0.05, 0) is 48.0 Å². The second-order valence-electron chi connectivity index (χ2n) is 5.65. The fourth-order valence-corrected chi connectivity index (χ4v) is 2.27. The smallest absolute Gasteiger partial charge is 0.269 e. The average Bonchev–Trinajstić information content (AvgIpc) is 2.70. The van der Waals surface area contributed by atoms with Gasteiger partial charge in [-0.2, -0.15) is 0 Å². The van der Waals surface area contributed by atoms with Gasteiger partial charge in [0.25, 0.3) is 11.8 Å². The lowest BCUT2D eigenvalue weighted by Gasteiger charge is -2.08. The van der Waals surface area contributed by atoms with Gasteiger partial charge in [-0.3, -0.25) is 25.2 Å². The minimum Gasteiger partial charge on any atom is -0.493 e. The van der Waals surface area contributed by atoms with Crippen LogP contribution >= 0.6 is 0 Å². The molecule has 0 heterocycles. The number of hydrogen-bond donors (Lipinski definition) is 3. The van der Waals surface area contributed by atoms with Gasteiger partial charge in [0.1, 0.15) is 0 Å². The highest BCUT2D eigenvalue weighted by Crippen LogP contribution is 2.27. The summed E-state index contributed by atoms with van der Waals surface area (Å²) in [6, 6.07) is 11.5. The van der Waals surface area contributed by atoms with E-state index in [1.165, 1.54) is 39.4 Å². The van der Waals surface area contributed by atoms with Crippen LogP contribution in [0, 0.1) is 0 Å². The van der Waals surface area contributed by atoms with Gasteiger partial charge in [0.15, 0.2) is 11.5 Å². The molecule has 2 aromatic rings. The number of ether oxygens (including phenoxy) is 2. The molecule has 0 radical (unpaired) electrons. The summed E-state index contributed by atoms with van der Waals surface area (Å²) in [7, 11) is 3.06. The third kappa shape index (κ3) is 5.87. The SMILES string of the molecule is COc1ccc(/C=C/C(=O)NNC(=O)c2ccc(NC(C)=O)cc2)cc1OC. The Labute approximate surface area is 162 Å². The Kier molecular flexibility index (Phi) is 7.15. The van der Waals surface area contributed by atoms with Crippen LogP contribution < -0.4 is 25.6 Å². The molecular formula is C20H21N3O5. The summed E-state index contributed by atoms with van der Waals surface area (Å²) in [5.74, 6) is -0.0621. The van der Waals surface area contributed by atoms with Crippen molar-refractivity contribution >= 4 is 29.5 Å². The second kappa shape index (κ2) is 9.77. The van der Waals surface area contributed by atoms with E-state index >= 15 is 0 Å². The van der Waals surface area contributed by atoms with Crippen LogP contribution in [0.25, 0.3) is 6.08 Å². The van der Waals surface area contributed by atoms with Gasteiger partial charge in [-0.25, -0.2) is 0 Å². The number of rotatable bonds is 6. The maximum Gasteiger partial charge on any atom is 0.269 e. The van der Waals surface area contributed by atoms with E-state index in [0.717, 1.165) is 5.56 Å². The summed E-state index contributed by atoms with van der Waals surface area (Å²) in [5, 5.41) is 2.60. The van der Waals surface area contributed by atoms with Crippen LogP contribution in [0.5, 0.6) is 11.5 Å². The van der Waals surface area contributed by atoms with Gasteiger partial charge in [0, 0.05) is 24.3 Å². The zero-order valence-corrected chi connectivity index (χ0v) is 15.7. The van der Waals surface area contributed by atoms with E-state index in [2.05, 4.69) is 16.2 Å². The van der Waals surface area contributed by atoms with Crippen molar-refractivity contribution in [1.82, 2.24) is 10.9 Å². The van der Waals surface area contributed by atoms with E-state index in [1.54, 1.807) is 36.4 Å². The van der Waals surface area contributed by atoms with Gasteiger partial charge in [-0.15, -0.1) is 0 Å². The largest absolute Gasteiger partial charge is 0.493 e. The molecule has 0 bridgehead atoms. The molecule has 0 fully saturated rings. The Morgan fingerprint density at radius 2 is 1.57 bits per heavy atom. The fourth-order valence-electron chi connectivity index (χ4n) is 2.27. The predicted octanol–water partition coefficient (Wildman–Crippen LogP) is 2.14. The number of benzene rings is 2. The Hall–Kier alpha value is -3.81. The van der Waals surface area contributed by atoms with Crippen molar-refractivity contribution in [2.24, 2.45) is 0 Å². The van der Waals surface area contributed by atoms with E-state index in [9.17, 15) is 14.4 Å². The van der Waals surface area contributed by atoms with Crippen LogP contribution in [0.2, 0.25) is 0 Å². The van der Waals surface area contributed by atoms with Gasteiger partial charge in [0.05, 0.1) is 14.2 Å². The van der Waals surface area contributed by atoms with Gasteiger partial charge in [0.2, 0.25) is 5.91 Å². The van der Waals surface area contributed by atoms with Crippen molar-refractivity contribution in [3.63, 3.8) is 0 Å². The number of anilines is 1. The van der Waals surface area contributed by atoms with Crippen molar-refractivity contribution in [2.45, 2.75) is 6.92 Å². The summed E-state index contributed by atoms with van der Waals surface area (Å²) < 4.78 is 10.4. The Morgan fingerprint density at radius 3 is 2.18 bits per heavy atom. The molecule has 146 valence electrons. The number of hydrogen-bond acceptors (Lipinski definition) is 5. The van der Waals surface area contributed by atoms with Crippen molar-refractivity contribution < 1.29 is 23.9 Å². The zero-order valence-electron chi connectivity index (χ0n) is 15.7. The average molecular weight is 383 g/mol. The molecule has 3 amide bonds. The summed E-state index contributed by atoms with van der Waals surface area (Å²) in [4.78, 5) is 34.9. The van der Waals surface area contributed by atoms with Crippen LogP contribution in [-0.4, -0.2) is 31.9 Å². The molecule has 3 N–H and O–H groups in total. The van der Waals surface area contributed by atoms with E-state index in [0.29, 0.717) is 22.7 Å². The molecule has 0 atom stereocenters. The standard InChI is InChI=1S/C20H21N3O5/c1-13(24)21-16-8-6-15(7-9-16)20(26)23-22-19(25)11-5-14-4-10-17(27-2)18(12-14)28-3/h4-12H,1-3H3,(H,21,24)(H,22,25)(H,23,26)/b11-5+. The lowest BCUT2D eigenvalue weighted by molar-refractivity contribution is -0.117. The first-order valence-electron chi connectivity index (χ1n) is 8.31. The molecule has 0 saturated heterocycles. The fraction of sp³-hybridized carbons (Fsp3) is 0.150. The van der Waals surface area contributed by atoms with E-state index in [-0.39, 0.29) is 5.91 Å². The van der Waals surface area contributed by atoms with Crippen LogP contribution in [-0.2, 0) is 9.59 Å². The van der Waals surface area contributed by atoms with E-state index in [4.69, 9.17) is 9.47 Å². The molecular weight excluding hydrogens is 362 g/mol. The molecule has 0 spiro atoms. The highest BCUT2D eigenvalue weighted by molar-refractivity contribution is 5.98. The quantitative estimate of drug-likeness (QED) is 0.523. The minimum absolute atomic E-state index is 0.203. The maximum atomic E-state index is 12.0. The van der Waals surface area contributed by atoms with Gasteiger partial charge < -0.3 is 14.8 Å². The first kappa shape index (κ1) is 20.5. The van der Waals surface area contributed by atoms with Crippen molar-refractivity contribution in [2.75, 3.05) is 19.5 Å². The van der Waals surface area contributed by atoms with Crippen LogP contribution in [0.3, 0.4) is 0 Å². The third-order valence-corrected chi connectivity index (χ3v) is 3.60. The minimum atomic E-state index is -0.502. The number of nitrogens with one attached hydrogen (secondary N) is 3. The van der Waals surface area contributed by atoms with E-state index in [1.807, 2.05) is 0 Å². The van der Waals surface area contributed by atoms with Crippen LogP contribution in [0.1, 0.15) is 22.8 Å². The molecule has 2 aromatic carbocycles. The normalized spacial score (nSPS) is 10.2. The number of carbonyl (C=O) groups excluding carboxylic acids is 3. The highest BCUT2D eigenvalue weighted by Gasteiger charge is 2.07. The van der Waals surface area contributed by atoms with E-state index < -0.39 is 11.8 Å². The monoisotopic (exact) mass is 383 g/mol. The zero-order chi connectivity index (χ0) is 20.5. The maximum absolute atomic E-state index is 12.0. The second-order valence-corrected chi connectivity index (χ2v) is 5.65. The molecule has 0 aromatic heterocycles. The topological polar surface area (TPSA) is 106 Å². The van der Waals surface area contributed by atoms with Crippen molar-refractivity contribution in [3.05, 3.63) is 59.7 Å².